The Morgan fingerprint density at radius 3 is 2.47 bits per heavy atom. The van der Waals surface area contributed by atoms with Crippen LogP contribution in [0.5, 0.6) is 0 Å². The van der Waals surface area contributed by atoms with Crippen LogP contribution in [0.15, 0.2) is 30.3 Å². The van der Waals surface area contributed by atoms with Crippen molar-refractivity contribution in [3.63, 3.8) is 0 Å². The van der Waals surface area contributed by atoms with Gasteiger partial charge in [-0.15, -0.1) is 7.92 Å². The van der Waals surface area contributed by atoms with Crippen LogP contribution in [0.2, 0.25) is 0 Å². The van der Waals surface area contributed by atoms with E-state index in [1.54, 1.807) is 0 Å². The van der Waals surface area contributed by atoms with Gasteiger partial charge in [0.15, 0.2) is 0 Å². The first-order chi connectivity index (χ1) is 8.09. The van der Waals surface area contributed by atoms with E-state index in [0.29, 0.717) is 5.78 Å². The number of carbonyl (C=O) groups excluding carboxylic acids is 1. The highest BCUT2D eigenvalue weighted by molar-refractivity contribution is 7.56. The molecule has 0 heterocycles. The first-order valence-electron chi connectivity index (χ1n) is 6.31. The molecular formula is C15H23OP. The zero-order chi connectivity index (χ0) is 12.7. The second kappa shape index (κ2) is 7.61. The van der Waals surface area contributed by atoms with Gasteiger partial charge in [-0.3, -0.25) is 4.79 Å². The molecule has 17 heavy (non-hydrogen) atoms. The largest absolute Gasteiger partial charge is 0.299 e. The Labute approximate surface area is 106 Å². The molecule has 0 spiro atoms. The molecule has 1 aromatic carbocycles. The predicted molar refractivity (Wildman–Crippen MR) is 77.2 cm³/mol. The average Bonchev–Trinajstić information content (AvgIpc) is 2.29. The molecule has 0 saturated carbocycles. The SMILES string of the molecule is C[C@@H](CCCc1ccccc1)C(=O)CP(C)C. The lowest BCUT2D eigenvalue weighted by molar-refractivity contribution is -0.120. The van der Waals surface area contributed by atoms with E-state index in [1.165, 1.54) is 5.56 Å². The highest BCUT2D eigenvalue weighted by Crippen LogP contribution is 2.26. The minimum atomic E-state index is -0.0807. The molecule has 0 aliphatic heterocycles. The molecule has 1 rings (SSSR count). The normalized spacial score (nSPS) is 12.7. The van der Waals surface area contributed by atoms with E-state index in [4.69, 9.17) is 0 Å². The number of ketones is 1. The maximum atomic E-state index is 11.8. The smallest absolute Gasteiger partial charge is 0.139 e. The fraction of sp³-hybridized carbons (Fsp3) is 0.533. The Morgan fingerprint density at radius 1 is 1.24 bits per heavy atom. The minimum absolute atomic E-state index is 0.0807. The van der Waals surface area contributed by atoms with Crippen LogP contribution in [-0.4, -0.2) is 25.3 Å². The predicted octanol–water partition coefficient (Wildman–Crippen LogP) is 3.96. The third-order valence-corrected chi connectivity index (χ3v) is 3.91. The van der Waals surface area contributed by atoms with E-state index >= 15 is 0 Å². The maximum Gasteiger partial charge on any atom is 0.139 e. The van der Waals surface area contributed by atoms with Crippen molar-refractivity contribution in [2.24, 2.45) is 5.92 Å². The van der Waals surface area contributed by atoms with Crippen LogP contribution < -0.4 is 0 Å². The van der Waals surface area contributed by atoms with Crippen molar-refractivity contribution < 1.29 is 4.79 Å². The third kappa shape index (κ3) is 5.98. The number of hydrogen-bond donors (Lipinski definition) is 0. The molecule has 0 saturated heterocycles. The monoisotopic (exact) mass is 250 g/mol. The van der Waals surface area contributed by atoms with Crippen LogP contribution >= 0.6 is 7.92 Å². The van der Waals surface area contributed by atoms with Crippen molar-refractivity contribution in [1.82, 2.24) is 0 Å². The van der Waals surface area contributed by atoms with Gasteiger partial charge in [-0.2, -0.15) is 0 Å². The molecule has 1 nitrogen and oxygen atoms in total. The number of benzene rings is 1. The molecule has 0 aliphatic rings. The van der Waals surface area contributed by atoms with Gasteiger partial charge in [0.1, 0.15) is 5.78 Å². The van der Waals surface area contributed by atoms with E-state index in [0.717, 1.165) is 25.4 Å². The number of aryl methyl sites for hydroxylation is 1. The van der Waals surface area contributed by atoms with Gasteiger partial charge in [-0.1, -0.05) is 37.3 Å². The molecule has 0 radical (unpaired) electrons. The van der Waals surface area contributed by atoms with E-state index in [1.807, 2.05) is 6.07 Å². The first-order valence-corrected chi connectivity index (χ1v) is 8.73. The Hall–Kier alpha value is -0.680. The van der Waals surface area contributed by atoms with E-state index < -0.39 is 0 Å². The third-order valence-electron chi connectivity index (χ3n) is 2.97. The zero-order valence-electron chi connectivity index (χ0n) is 11.1. The Bertz CT molecular complexity index is 332. The summed E-state index contributed by atoms with van der Waals surface area (Å²) in [5.41, 5.74) is 1.38. The molecule has 2 heteroatoms. The molecule has 1 aromatic rings. The molecule has 1 atom stereocenters. The Kier molecular flexibility index (Phi) is 6.44. The summed E-state index contributed by atoms with van der Waals surface area (Å²) < 4.78 is 0. The molecule has 94 valence electrons. The van der Waals surface area contributed by atoms with E-state index in [2.05, 4.69) is 44.5 Å². The number of carbonyl (C=O) groups is 1. The lowest BCUT2D eigenvalue weighted by atomic mass is 9.98. The van der Waals surface area contributed by atoms with E-state index in [-0.39, 0.29) is 13.8 Å². The van der Waals surface area contributed by atoms with Crippen molar-refractivity contribution in [2.75, 3.05) is 19.5 Å². The quantitative estimate of drug-likeness (QED) is 0.669. The lowest BCUT2D eigenvalue weighted by Crippen LogP contribution is -2.14. The van der Waals surface area contributed by atoms with Gasteiger partial charge in [0.25, 0.3) is 0 Å². The summed E-state index contributed by atoms with van der Waals surface area (Å²) in [7, 11) is -0.0807. The average molecular weight is 250 g/mol. The minimum Gasteiger partial charge on any atom is -0.299 e. The van der Waals surface area contributed by atoms with Crippen molar-refractivity contribution in [3.05, 3.63) is 35.9 Å². The number of rotatable bonds is 7. The molecule has 0 fully saturated rings. The van der Waals surface area contributed by atoms with Gasteiger partial charge in [0, 0.05) is 12.1 Å². The van der Waals surface area contributed by atoms with E-state index in [9.17, 15) is 4.79 Å². The number of Topliss-reactive ketones (excluding diaryl/α,β-unsaturated/α-hetero) is 1. The molecular weight excluding hydrogens is 227 g/mol. The topological polar surface area (TPSA) is 17.1 Å². The fourth-order valence-corrected chi connectivity index (χ4v) is 2.82. The first kappa shape index (κ1) is 14.4. The molecule has 0 bridgehead atoms. The van der Waals surface area contributed by atoms with Gasteiger partial charge >= 0.3 is 0 Å². The van der Waals surface area contributed by atoms with Crippen molar-refractivity contribution >= 4 is 13.7 Å². The summed E-state index contributed by atoms with van der Waals surface area (Å²) in [6.45, 7) is 6.42. The van der Waals surface area contributed by atoms with Crippen molar-refractivity contribution in [2.45, 2.75) is 26.2 Å². The van der Waals surface area contributed by atoms with Crippen LogP contribution in [0, 0.1) is 5.92 Å². The summed E-state index contributed by atoms with van der Waals surface area (Å²) in [5.74, 6) is 0.692. The molecule has 0 N–H and O–H groups in total. The summed E-state index contributed by atoms with van der Waals surface area (Å²) in [6.07, 6.45) is 4.02. The van der Waals surface area contributed by atoms with Gasteiger partial charge in [-0.05, 0) is 38.2 Å². The Balaban J connectivity index is 2.24. The van der Waals surface area contributed by atoms with Crippen molar-refractivity contribution in [3.8, 4) is 0 Å². The van der Waals surface area contributed by atoms with Crippen LogP contribution in [0.3, 0.4) is 0 Å². The highest BCUT2D eigenvalue weighted by atomic mass is 31.1. The lowest BCUT2D eigenvalue weighted by Gasteiger charge is -2.12. The molecule has 0 aliphatic carbocycles. The van der Waals surface area contributed by atoms with Crippen molar-refractivity contribution in [1.29, 1.82) is 0 Å². The van der Waals surface area contributed by atoms with Crippen LogP contribution in [0.1, 0.15) is 25.3 Å². The second-order valence-corrected chi connectivity index (χ2v) is 7.46. The van der Waals surface area contributed by atoms with Gasteiger partial charge in [0.05, 0.1) is 0 Å². The number of hydrogen-bond acceptors (Lipinski definition) is 1. The van der Waals surface area contributed by atoms with Crippen LogP contribution in [-0.2, 0) is 11.2 Å². The summed E-state index contributed by atoms with van der Waals surface area (Å²) in [6, 6.07) is 10.5. The second-order valence-electron chi connectivity index (χ2n) is 4.98. The molecule has 0 aromatic heterocycles. The zero-order valence-corrected chi connectivity index (χ0v) is 12.0. The summed E-state index contributed by atoms with van der Waals surface area (Å²) in [5, 5.41) is 0. The standard InChI is InChI=1S/C15H23OP/c1-13(15(16)12-17(2)3)8-7-11-14-9-5-4-6-10-14/h4-6,9-10,13H,7-8,11-12H2,1-3H3/t13-/m0/s1. The van der Waals surface area contributed by atoms with Gasteiger partial charge < -0.3 is 0 Å². The van der Waals surface area contributed by atoms with Gasteiger partial charge in [-0.25, -0.2) is 0 Å². The van der Waals surface area contributed by atoms with Crippen LogP contribution in [0.4, 0.5) is 0 Å². The molecule has 0 amide bonds. The van der Waals surface area contributed by atoms with Crippen LogP contribution in [0.25, 0.3) is 0 Å². The summed E-state index contributed by atoms with van der Waals surface area (Å²) >= 11 is 0. The maximum absolute atomic E-state index is 11.8. The van der Waals surface area contributed by atoms with Gasteiger partial charge in [0.2, 0.25) is 0 Å². The summed E-state index contributed by atoms with van der Waals surface area (Å²) in [4.78, 5) is 11.8. The fourth-order valence-electron chi connectivity index (χ4n) is 1.89. The molecule has 0 unspecified atom stereocenters. The highest BCUT2D eigenvalue weighted by Gasteiger charge is 2.13. The Morgan fingerprint density at radius 2 is 1.88 bits per heavy atom.